The van der Waals surface area contributed by atoms with Crippen LogP contribution in [0.15, 0.2) is 48.9 Å². The molecule has 0 bridgehead atoms. The number of aromatic nitrogens is 4. The first-order valence-electron chi connectivity index (χ1n) is 11.4. The summed E-state index contributed by atoms with van der Waals surface area (Å²) in [5.41, 5.74) is 5.56. The fourth-order valence-corrected chi connectivity index (χ4v) is 4.76. The summed E-state index contributed by atoms with van der Waals surface area (Å²) < 4.78 is 16.5. The normalized spacial score (nSPS) is 20.1. The van der Waals surface area contributed by atoms with Gasteiger partial charge in [0.05, 0.1) is 29.6 Å². The Labute approximate surface area is 206 Å². The number of carboxylic acid groups (broad SMARTS) is 1. The maximum absolute atomic E-state index is 13.3. The molecule has 0 spiro atoms. The van der Waals surface area contributed by atoms with Crippen molar-refractivity contribution in [3.05, 3.63) is 60.3 Å². The van der Waals surface area contributed by atoms with E-state index in [9.17, 15) is 24.3 Å². The minimum Gasteiger partial charge on any atom is -0.465 e. The van der Waals surface area contributed by atoms with Crippen molar-refractivity contribution in [3.63, 3.8) is 0 Å². The fourth-order valence-electron chi connectivity index (χ4n) is 4.76. The van der Waals surface area contributed by atoms with Gasteiger partial charge in [0, 0.05) is 30.8 Å². The summed E-state index contributed by atoms with van der Waals surface area (Å²) in [4.78, 5) is 25.8. The van der Waals surface area contributed by atoms with E-state index in [1.165, 1.54) is 40.0 Å². The predicted molar refractivity (Wildman–Crippen MR) is 128 cm³/mol. The van der Waals surface area contributed by atoms with Crippen LogP contribution >= 0.6 is 0 Å². The summed E-state index contributed by atoms with van der Waals surface area (Å²) in [6, 6.07) is 8.22. The molecule has 3 atom stereocenters. The van der Waals surface area contributed by atoms with Crippen LogP contribution in [-0.4, -0.2) is 54.2 Å². The summed E-state index contributed by atoms with van der Waals surface area (Å²) in [5, 5.41) is 31.8. The van der Waals surface area contributed by atoms with E-state index in [2.05, 4.69) is 21.6 Å². The number of rotatable bonds is 7. The van der Waals surface area contributed by atoms with Gasteiger partial charge >= 0.3 is 6.09 Å². The number of carbonyl (C=O) groups excluding carboxylic acids is 1. The quantitative estimate of drug-likeness (QED) is 0.455. The third kappa shape index (κ3) is 4.86. The van der Waals surface area contributed by atoms with Crippen LogP contribution in [0.1, 0.15) is 43.1 Å². The third-order valence-corrected chi connectivity index (χ3v) is 6.54. The van der Waals surface area contributed by atoms with Crippen molar-refractivity contribution in [1.82, 2.24) is 24.5 Å². The van der Waals surface area contributed by atoms with Gasteiger partial charge in [0.25, 0.3) is 5.91 Å². The highest BCUT2D eigenvalue weighted by Gasteiger charge is 2.45. The smallest absolute Gasteiger partial charge is 0.407 e. The van der Waals surface area contributed by atoms with E-state index in [1.54, 1.807) is 23.1 Å². The molecular formula is C24H27FN8O3. The predicted octanol–water partition coefficient (Wildman–Crippen LogP) is 3.32. The maximum atomic E-state index is 13.3. The average molecular weight is 495 g/mol. The van der Waals surface area contributed by atoms with E-state index < -0.39 is 41.4 Å². The number of nitrogens with one attached hydrogen (secondary N) is 1. The Bertz CT molecular complexity index is 1280. The van der Waals surface area contributed by atoms with Crippen molar-refractivity contribution in [2.45, 2.75) is 44.3 Å². The topological polar surface area (TPSA) is 155 Å². The number of halogens is 1. The molecule has 0 radical (unpaired) electrons. The van der Waals surface area contributed by atoms with Crippen LogP contribution in [0.2, 0.25) is 0 Å². The lowest BCUT2D eigenvalue weighted by Crippen LogP contribution is -2.54. The Morgan fingerprint density at radius 2 is 2.06 bits per heavy atom. The second-order valence-electron chi connectivity index (χ2n) is 9.39. The van der Waals surface area contributed by atoms with Gasteiger partial charge in [-0.05, 0) is 57.0 Å². The van der Waals surface area contributed by atoms with Gasteiger partial charge in [-0.15, -0.1) is 0 Å². The van der Waals surface area contributed by atoms with Gasteiger partial charge in [0.1, 0.15) is 11.4 Å². The minimum absolute atomic E-state index is 0.0635. The van der Waals surface area contributed by atoms with Crippen molar-refractivity contribution in [2.75, 3.05) is 11.9 Å². The van der Waals surface area contributed by atoms with Crippen molar-refractivity contribution in [2.24, 2.45) is 11.7 Å². The molecule has 0 aliphatic carbocycles. The Morgan fingerprint density at radius 1 is 1.33 bits per heavy atom. The Balaban J connectivity index is 1.77. The van der Waals surface area contributed by atoms with Gasteiger partial charge in [-0.3, -0.25) is 14.2 Å². The van der Waals surface area contributed by atoms with E-state index in [-0.39, 0.29) is 17.9 Å². The molecule has 1 aliphatic rings. The van der Waals surface area contributed by atoms with Gasteiger partial charge in [0.15, 0.2) is 5.82 Å². The van der Waals surface area contributed by atoms with Crippen molar-refractivity contribution < 1.29 is 19.1 Å². The molecule has 36 heavy (non-hydrogen) atoms. The van der Waals surface area contributed by atoms with E-state index in [0.717, 1.165) is 0 Å². The third-order valence-electron chi connectivity index (χ3n) is 6.54. The SMILES string of the molecule is CC(C)(CC1[C@H](n2cc(C(N)=O)c(Nc3ccc(F)cc3)n2)[C@@H](C#N)CCN1C(=O)O)n1cccn1. The number of carbonyl (C=O) groups is 2. The number of hydrogen-bond donors (Lipinski definition) is 3. The summed E-state index contributed by atoms with van der Waals surface area (Å²) in [6.07, 6.45) is 4.41. The van der Waals surface area contributed by atoms with Crippen LogP contribution in [-0.2, 0) is 5.54 Å². The summed E-state index contributed by atoms with van der Waals surface area (Å²) in [7, 11) is 0. The molecule has 3 aromatic rings. The summed E-state index contributed by atoms with van der Waals surface area (Å²) >= 11 is 0. The van der Waals surface area contributed by atoms with Gasteiger partial charge in [0.2, 0.25) is 0 Å². The summed E-state index contributed by atoms with van der Waals surface area (Å²) in [6.45, 7) is 4.06. The Kier molecular flexibility index (Phi) is 6.65. The summed E-state index contributed by atoms with van der Waals surface area (Å²) in [5.74, 6) is -1.61. The van der Waals surface area contributed by atoms with E-state index in [4.69, 9.17) is 5.73 Å². The molecule has 0 saturated carbocycles. The first kappa shape index (κ1) is 24.7. The van der Waals surface area contributed by atoms with Crippen LogP contribution in [0.5, 0.6) is 0 Å². The van der Waals surface area contributed by atoms with Crippen molar-refractivity contribution in [1.29, 1.82) is 5.26 Å². The second-order valence-corrected chi connectivity index (χ2v) is 9.39. The fraction of sp³-hybridized carbons (Fsp3) is 0.375. The molecule has 11 nitrogen and oxygen atoms in total. The van der Waals surface area contributed by atoms with Crippen molar-refractivity contribution >= 4 is 23.5 Å². The largest absolute Gasteiger partial charge is 0.465 e. The Morgan fingerprint density at radius 3 is 2.64 bits per heavy atom. The number of piperidine rings is 1. The van der Waals surface area contributed by atoms with E-state index in [0.29, 0.717) is 18.5 Å². The molecule has 1 aromatic carbocycles. The molecule has 12 heteroatoms. The number of likely N-dealkylation sites (tertiary alicyclic amines) is 1. The number of anilines is 2. The number of nitrogens with zero attached hydrogens (tertiary/aromatic N) is 6. The van der Waals surface area contributed by atoms with E-state index >= 15 is 0 Å². The highest BCUT2D eigenvalue weighted by molar-refractivity contribution is 5.98. The maximum Gasteiger partial charge on any atom is 0.407 e. The molecule has 4 N–H and O–H groups in total. The van der Waals surface area contributed by atoms with Gasteiger partial charge in [-0.2, -0.15) is 15.5 Å². The number of amides is 2. The monoisotopic (exact) mass is 494 g/mol. The number of nitrogens with two attached hydrogens (primary N) is 1. The standard InChI is InChI=1S/C24H27FN8O3/c1-24(2,33-10-3-9-28-33)12-19-20(15(13-26)8-11-31(19)23(35)36)32-14-18(21(27)34)22(30-32)29-17-6-4-16(25)5-7-17/h3-7,9-10,14-15,19-20H,8,11-12H2,1-2H3,(H2,27,34)(H,29,30)(H,35,36)/t15-,19?,20-/m1/s1. The first-order valence-corrected chi connectivity index (χ1v) is 11.4. The number of benzene rings is 1. The van der Waals surface area contributed by atoms with Crippen LogP contribution in [0, 0.1) is 23.1 Å². The molecular weight excluding hydrogens is 467 g/mol. The highest BCUT2D eigenvalue weighted by atomic mass is 19.1. The Hall–Kier alpha value is -4.40. The highest BCUT2D eigenvalue weighted by Crippen LogP contribution is 2.39. The average Bonchev–Trinajstić information content (AvgIpc) is 3.51. The van der Waals surface area contributed by atoms with Crippen LogP contribution in [0.4, 0.5) is 20.7 Å². The second kappa shape index (κ2) is 9.69. The number of nitriles is 1. The first-order chi connectivity index (χ1) is 17.1. The number of hydrogen-bond acceptors (Lipinski definition) is 6. The lowest BCUT2D eigenvalue weighted by Gasteiger charge is -2.45. The number of primary amides is 1. The molecule has 1 aliphatic heterocycles. The minimum atomic E-state index is -1.11. The molecule has 2 amide bonds. The van der Waals surface area contributed by atoms with Gasteiger partial charge in [-0.25, -0.2) is 9.18 Å². The van der Waals surface area contributed by atoms with Gasteiger partial charge in [-0.1, -0.05) is 0 Å². The molecule has 1 fully saturated rings. The van der Waals surface area contributed by atoms with Crippen LogP contribution in [0.25, 0.3) is 0 Å². The van der Waals surface area contributed by atoms with Crippen LogP contribution < -0.4 is 11.1 Å². The lowest BCUT2D eigenvalue weighted by molar-refractivity contribution is 0.0392. The molecule has 3 heterocycles. The van der Waals surface area contributed by atoms with E-state index in [1.807, 2.05) is 13.8 Å². The molecule has 1 unspecified atom stereocenters. The van der Waals surface area contributed by atoms with Crippen LogP contribution in [0.3, 0.4) is 0 Å². The zero-order valence-electron chi connectivity index (χ0n) is 19.9. The zero-order valence-corrected chi connectivity index (χ0v) is 19.9. The lowest BCUT2D eigenvalue weighted by atomic mass is 9.80. The zero-order chi connectivity index (χ0) is 26.0. The molecule has 4 rings (SSSR count). The van der Waals surface area contributed by atoms with Gasteiger partial charge < -0.3 is 21.1 Å². The molecule has 1 saturated heterocycles. The molecule has 2 aromatic heterocycles. The molecule has 188 valence electrons. The van der Waals surface area contributed by atoms with Crippen molar-refractivity contribution in [3.8, 4) is 6.07 Å².